The molecule has 32 heavy (non-hydrogen) atoms. The molecule has 0 spiro atoms. The van der Waals surface area contributed by atoms with Crippen LogP contribution in [0.5, 0.6) is 5.75 Å². The van der Waals surface area contributed by atoms with Crippen LogP contribution < -0.4 is 15.6 Å². The number of fused-ring (bicyclic) bond motifs is 1. The zero-order chi connectivity index (χ0) is 22.3. The van der Waals surface area contributed by atoms with Gasteiger partial charge in [-0.2, -0.15) is 0 Å². The molecule has 1 aromatic heterocycles. The molecule has 4 aromatic rings. The van der Waals surface area contributed by atoms with E-state index in [0.717, 1.165) is 5.56 Å². The standard InChI is InChI=1S/C25H23N3O3S/c1-2-31-22-15-9-8-14-21(22)26-23(29)17-32-25-27-20-13-7-6-12-19(20)24(30)28(25)16-18-10-4-3-5-11-18/h3-15H,2,16-17H2,1H3,(H,26,29). The van der Waals surface area contributed by atoms with Gasteiger partial charge < -0.3 is 10.1 Å². The van der Waals surface area contributed by atoms with Gasteiger partial charge in [0.15, 0.2) is 5.16 Å². The third-order valence-electron chi connectivity index (χ3n) is 4.80. The number of hydrogen-bond donors (Lipinski definition) is 1. The van der Waals surface area contributed by atoms with Crippen molar-refractivity contribution in [3.63, 3.8) is 0 Å². The quantitative estimate of drug-likeness (QED) is 0.318. The predicted octanol–water partition coefficient (Wildman–Crippen LogP) is 4.57. The van der Waals surface area contributed by atoms with E-state index in [1.165, 1.54) is 11.8 Å². The van der Waals surface area contributed by atoms with Crippen LogP contribution in [0.2, 0.25) is 0 Å². The number of rotatable bonds is 8. The van der Waals surface area contributed by atoms with E-state index in [1.54, 1.807) is 16.7 Å². The highest BCUT2D eigenvalue weighted by atomic mass is 32.2. The highest BCUT2D eigenvalue weighted by Crippen LogP contribution is 2.25. The molecule has 0 saturated carbocycles. The molecule has 6 nitrogen and oxygen atoms in total. The number of thioether (sulfide) groups is 1. The summed E-state index contributed by atoms with van der Waals surface area (Å²) in [5.41, 5.74) is 2.10. The lowest BCUT2D eigenvalue weighted by Crippen LogP contribution is -2.25. The number of aromatic nitrogens is 2. The Labute approximate surface area is 190 Å². The number of amides is 1. The van der Waals surface area contributed by atoms with E-state index in [-0.39, 0.29) is 17.2 Å². The molecule has 1 amide bonds. The van der Waals surface area contributed by atoms with Gasteiger partial charge in [0.25, 0.3) is 5.56 Å². The van der Waals surface area contributed by atoms with E-state index in [9.17, 15) is 9.59 Å². The second kappa shape index (κ2) is 10.2. The minimum Gasteiger partial charge on any atom is -0.492 e. The topological polar surface area (TPSA) is 73.2 Å². The average Bonchev–Trinajstić information content (AvgIpc) is 2.82. The molecule has 0 radical (unpaired) electrons. The van der Waals surface area contributed by atoms with Crippen LogP contribution in [0, 0.1) is 0 Å². The molecule has 0 bridgehead atoms. The second-order valence-electron chi connectivity index (χ2n) is 7.05. The summed E-state index contributed by atoms with van der Waals surface area (Å²) in [7, 11) is 0. The van der Waals surface area contributed by atoms with Crippen molar-refractivity contribution in [1.29, 1.82) is 0 Å². The Balaban J connectivity index is 1.59. The van der Waals surface area contributed by atoms with Crippen molar-refractivity contribution in [3.8, 4) is 5.75 Å². The molecular formula is C25H23N3O3S. The molecule has 7 heteroatoms. The van der Waals surface area contributed by atoms with Crippen molar-refractivity contribution < 1.29 is 9.53 Å². The summed E-state index contributed by atoms with van der Waals surface area (Å²) in [6.07, 6.45) is 0. The van der Waals surface area contributed by atoms with Gasteiger partial charge >= 0.3 is 0 Å². The van der Waals surface area contributed by atoms with Crippen molar-refractivity contribution in [2.75, 3.05) is 17.7 Å². The fraction of sp³-hybridized carbons (Fsp3) is 0.160. The average molecular weight is 446 g/mol. The van der Waals surface area contributed by atoms with Gasteiger partial charge in [0.05, 0.1) is 35.5 Å². The van der Waals surface area contributed by atoms with Crippen LogP contribution in [0.3, 0.4) is 0 Å². The zero-order valence-corrected chi connectivity index (χ0v) is 18.5. The van der Waals surface area contributed by atoms with Crippen LogP contribution in [0.4, 0.5) is 5.69 Å². The van der Waals surface area contributed by atoms with Gasteiger partial charge in [-0.1, -0.05) is 66.4 Å². The van der Waals surface area contributed by atoms with Gasteiger partial charge in [0.2, 0.25) is 5.91 Å². The lowest BCUT2D eigenvalue weighted by molar-refractivity contribution is -0.113. The number of benzene rings is 3. The summed E-state index contributed by atoms with van der Waals surface area (Å²) < 4.78 is 7.20. The van der Waals surface area contributed by atoms with Gasteiger partial charge in [-0.05, 0) is 36.8 Å². The van der Waals surface area contributed by atoms with Gasteiger partial charge in [0, 0.05) is 0 Å². The second-order valence-corrected chi connectivity index (χ2v) is 8.00. The number of carbonyl (C=O) groups is 1. The first-order valence-corrected chi connectivity index (χ1v) is 11.3. The Morgan fingerprint density at radius 1 is 1.00 bits per heavy atom. The fourth-order valence-corrected chi connectivity index (χ4v) is 4.13. The normalized spacial score (nSPS) is 10.8. The molecule has 162 valence electrons. The monoisotopic (exact) mass is 445 g/mol. The molecule has 0 saturated heterocycles. The van der Waals surface area contributed by atoms with Crippen molar-refractivity contribution in [1.82, 2.24) is 9.55 Å². The molecule has 0 fully saturated rings. The molecule has 0 aliphatic carbocycles. The number of anilines is 1. The Kier molecular flexibility index (Phi) is 6.87. The molecule has 0 unspecified atom stereocenters. The van der Waals surface area contributed by atoms with Crippen molar-refractivity contribution in [2.24, 2.45) is 0 Å². The smallest absolute Gasteiger partial charge is 0.262 e. The summed E-state index contributed by atoms with van der Waals surface area (Å²) in [4.78, 5) is 30.5. The SMILES string of the molecule is CCOc1ccccc1NC(=O)CSc1nc2ccccc2c(=O)n1Cc1ccccc1. The van der Waals surface area contributed by atoms with Gasteiger partial charge in [-0.15, -0.1) is 0 Å². The number of hydrogen-bond acceptors (Lipinski definition) is 5. The largest absolute Gasteiger partial charge is 0.492 e. The van der Waals surface area contributed by atoms with Gasteiger partial charge in [-0.25, -0.2) is 4.98 Å². The summed E-state index contributed by atoms with van der Waals surface area (Å²) in [5, 5.41) is 3.95. The number of para-hydroxylation sites is 3. The molecule has 0 aliphatic heterocycles. The molecular weight excluding hydrogens is 422 g/mol. The summed E-state index contributed by atoms with van der Waals surface area (Å²) in [5.74, 6) is 0.536. The third kappa shape index (κ3) is 5.00. The third-order valence-corrected chi connectivity index (χ3v) is 5.78. The Bertz CT molecular complexity index is 1290. The number of nitrogens with zero attached hydrogens (tertiary/aromatic N) is 2. The summed E-state index contributed by atoms with van der Waals surface area (Å²) in [6, 6.07) is 24.3. The van der Waals surface area contributed by atoms with Gasteiger partial charge in [-0.3, -0.25) is 14.2 Å². The predicted molar refractivity (Wildman–Crippen MR) is 129 cm³/mol. The van der Waals surface area contributed by atoms with Gasteiger partial charge in [0.1, 0.15) is 5.75 Å². The minimum atomic E-state index is -0.198. The Morgan fingerprint density at radius 2 is 1.72 bits per heavy atom. The van der Waals surface area contributed by atoms with E-state index in [1.807, 2.05) is 73.7 Å². The summed E-state index contributed by atoms with van der Waals surface area (Å²) >= 11 is 1.24. The van der Waals surface area contributed by atoms with Crippen LogP contribution in [0.15, 0.2) is 88.8 Å². The zero-order valence-electron chi connectivity index (χ0n) is 17.7. The van der Waals surface area contributed by atoms with E-state index < -0.39 is 0 Å². The maximum atomic E-state index is 13.2. The van der Waals surface area contributed by atoms with Crippen LogP contribution in [-0.2, 0) is 11.3 Å². The highest BCUT2D eigenvalue weighted by molar-refractivity contribution is 7.99. The van der Waals surface area contributed by atoms with E-state index in [0.29, 0.717) is 40.6 Å². The number of nitrogens with one attached hydrogen (secondary N) is 1. The maximum absolute atomic E-state index is 13.2. The first-order valence-electron chi connectivity index (χ1n) is 10.3. The fourth-order valence-electron chi connectivity index (χ4n) is 3.33. The van der Waals surface area contributed by atoms with Crippen LogP contribution >= 0.6 is 11.8 Å². The van der Waals surface area contributed by atoms with E-state index in [4.69, 9.17) is 4.74 Å². The molecule has 4 rings (SSSR count). The number of carbonyl (C=O) groups excluding carboxylic acids is 1. The van der Waals surface area contributed by atoms with Crippen molar-refractivity contribution >= 4 is 34.3 Å². The van der Waals surface area contributed by atoms with Crippen LogP contribution in [0.25, 0.3) is 10.9 Å². The summed E-state index contributed by atoms with van der Waals surface area (Å²) in [6.45, 7) is 2.79. The maximum Gasteiger partial charge on any atom is 0.262 e. The number of ether oxygens (including phenoxy) is 1. The molecule has 1 N–H and O–H groups in total. The lowest BCUT2D eigenvalue weighted by Gasteiger charge is -2.14. The van der Waals surface area contributed by atoms with Crippen molar-refractivity contribution in [2.45, 2.75) is 18.6 Å². The lowest BCUT2D eigenvalue weighted by atomic mass is 10.2. The van der Waals surface area contributed by atoms with Crippen molar-refractivity contribution in [3.05, 3.63) is 94.8 Å². The molecule has 0 aliphatic rings. The van der Waals surface area contributed by atoms with E-state index >= 15 is 0 Å². The van der Waals surface area contributed by atoms with Crippen LogP contribution in [0.1, 0.15) is 12.5 Å². The molecule has 0 atom stereocenters. The van der Waals surface area contributed by atoms with E-state index in [2.05, 4.69) is 10.3 Å². The first kappa shape index (κ1) is 21.6. The molecule has 3 aromatic carbocycles. The molecule has 1 heterocycles. The highest BCUT2D eigenvalue weighted by Gasteiger charge is 2.14. The van der Waals surface area contributed by atoms with Crippen LogP contribution in [-0.4, -0.2) is 27.8 Å². The Hall–Kier alpha value is -3.58. The Morgan fingerprint density at radius 3 is 2.53 bits per heavy atom. The first-order chi connectivity index (χ1) is 15.7. The minimum absolute atomic E-state index is 0.111.